The van der Waals surface area contributed by atoms with Gasteiger partial charge in [0.15, 0.2) is 0 Å². The Hall–Kier alpha value is -1.42. The zero-order valence-electron chi connectivity index (χ0n) is 12.2. The second-order valence-electron chi connectivity index (χ2n) is 6.02. The predicted octanol–water partition coefficient (Wildman–Crippen LogP) is 1.71. The van der Waals surface area contributed by atoms with Gasteiger partial charge in [-0.25, -0.2) is 0 Å². The maximum Gasteiger partial charge on any atom is 0.223 e. The van der Waals surface area contributed by atoms with Gasteiger partial charge in [0.05, 0.1) is 0 Å². The highest BCUT2D eigenvalue weighted by Gasteiger charge is 2.35. The number of rotatable bonds is 4. The quantitative estimate of drug-likeness (QED) is 0.838. The lowest BCUT2D eigenvalue weighted by atomic mass is 10.1. The minimum absolute atomic E-state index is 0.289. The lowest BCUT2D eigenvalue weighted by Crippen LogP contribution is -2.54. The van der Waals surface area contributed by atoms with Crippen molar-refractivity contribution in [2.24, 2.45) is 0 Å². The van der Waals surface area contributed by atoms with E-state index in [4.69, 9.17) is 0 Å². The molecule has 1 aliphatic heterocycles. The van der Waals surface area contributed by atoms with Gasteiger partial charge in [-0.05, 0) is 37.8 Å². The molecule has 1 unspecified atom stereocenters. The first-order valence-electron chi connectivity index (χ1n) is 7.66. The molecule has 0 N–H and O–H groups in total. The van der Waals surface area contributed by atoms with E-state index >= 15 is 0 Å². The summed E-state index contributed by atoms with van der Waals surface area (Å²) < 4.78 is 0. The summed E-state index contributed by atoms with van der Waals surface area (Å²) in [6.45, 7) is 5.16. The van der Waals surface area contributed by atoms with Gasteiger partial charge >= 0.3 is 0 Å². The van der Waals surface area contributed by atoms with Crippen LogP contribution in [0.15, 0.2) is 24.5 Å². The number of piperazine rings is 1. The SMILES string of the molecule is CC1CN(C2CC2)CCN1C(=O)CCc1cccnc1. The van der Waals surface area contributed by atoms with Crippen LogP contribution in [0.5, 0.6) is 0 Å². The van der Waals surface area contributed by atoms with Crippen molar-refractivity contribution in [3.05, 3.63) is 30.1 Å². The van der Waals surface area contributed by atoms with Crippen LogP contribution in [0, 0.1) is 0 Å². The molecule has 20 heavy (non-hydrogen) atoms. The highest BCUT2D eigenvalue weighted by atomic mass is 16.2. The van der Waals surface area contributed by atoms with Crippen molar-refractivity contribution < 1.29 is 4.79 Å². The molecule has 4 nitrogen and oxygen atoms in total. The molecule has 1 amide bonds. The topological polar surface area (TPSA) is 36.4 Å². The van der Waals surface area contributed by atoms with E-state index in [-0.39, 0.29) is 5.91 Å². The van der Waals surface area contributed by atoms with Crippen LogP contribution in [0.25, 0.3) is 0 Å². The van der Waals surface area contributed by atoms with Crippen molar-refractivity contribution in [1.29, 1.82) is 0 Å². The molecular weight excluding hydrogens is 250 g/mol. The molecule has 1 atom stereocenters. The fourth-order valence-electron chi connectivity index (χ4n) is 3.07. The molecule has 4 heteroatoms. The number of pyridine rings is 1. The molecule has 1 aliphatic carbocycles. The summed E-state index contributed by atoms with van der Waals surface area (Å²) in [5.74, 6) is 0.289. The monoisotopic (exact) mass is 273 g/mol. The molecule has 3 rings (SSSR count). The molecule has 108 valence electrons. The van der Waals surface area contributed by atoms with Crippen LogP contribution in [0.2, 0.25) is 0 Å². The molecule has 2 heterocycles. The van der Waals surface area contributed by atoms with Crippen molar-refractivity contribution in [2.45, 2.75) is 44.7 Å². The van der Waals surface area contributed by atoms with E-state index in [1.165, 1.54) is 12.8 Å². The van der Waals surface area contributed by atoms with Crippen molar-refractivity contribution in [1.82, 2.24) is 14.8 Å². The number of aromatic nitrogens is 1. The number of hydrogen-bond acceptors (Lipinski definition) is 3. The summed E-state index contributed by atoms with van der Waals surface area (Å²) in [5, 5.41) is 0. The Kier molecular flexibility index (Phi) is 4.01. The van der Waals surface area contributed by atoms with Crippen LogP contribution in [-0.2, 0) is 11.2 Å². The maximum atomic E-state index is 12.4. The highest BCUT2D eigenvalue weighted by Crippen LogP contribution is 2.28. The molecule has 1 saturated heterocycles. The molecule has 2 fully saturated rings. The van der Waals surface area contributed by atoms with E-state index in [1.807, 2.05) is 18.3 Å². The first kappa shape index (κ1) is 13.6. The fourth-order valence-corrected chi connectivity index (χ4v) is 3.07. The molecule has 0 bridgehead atoms. The lowest BCUT2D eigenvalue weighted by molar-refractivity contribution is -0.135. The molecular formula is C16H23N3O. The Labute approximate surface area is 120 Å². The maximum absolute atomic E-state index is 12.4. The van der Waals surface area contributed by atoms with Gasteiger partial charge in [-0.1, -0.05) is 6.07 Å². The minimum Gasteiger partial charge on any atom is -0.337 e. The molecule has 2 aliphatic rings. The molecule has 1 aromatic heterocycles. The number of carbonyl (C=O) groups excluding carboxylic acids is 1. The van der Waals surface area contributed by atoms with Gasteiger partial charge in [-0.2, -0.15) is 0 Å². The standard InChI is InChI=1S/C16H23N3O/c1-13-12-18(15-5-6-15)9-10-19(13)16(20)7-4-14-3-2-8-17-11-14/h2-3,8,11,13,15H,4-7,9-10,12H2,1H3. The largest absolute Gasteiger partial charge is 0.337 e. The molecule has 1 saturated carbocycles. The average molecular weight is 273 g/mol. The third kappa shape index (κ3) is 3.18. The van der Waals surface area contributed by atoms with E-state index in [0.717, 1.165) is 37.7 Å². The van der Waals surface area contributed by atoms with Gasteiger partial charge in [0.1, 0.15) is 0 Å². The summed E-state index contributed by atoms with van der Waals surface area (Å²) in [6, 6.07) is 5.13. The summed E-state index contributed by atoms with van der Waals surface area (Å²) in [6.07, 6.45) is 7.71. The van der Waals surface area contributed by atoms with Crippen molar-refractivity contribution in [2.75, 3.05) is 19.6 Å². The Morgan fingerprint density at radius 3 is 2.90 bits per heavy atom. The summed E-state index contributed by atoms with van der Waals surface area (Å²) in [4.78, 5) is 21.1. The van der Waals surface area contributed by atoms with Crippen molar-refractivity contribution in [3.63, 3.8) is 0 Å². The first-order valence-corrected chi connectivity index (χ1v) is 7.66. The lowest BCUT2D eigenvalue weighted by Gasteiger charge is -2.40. The van der Waals surface area contributed by atoms with Crippen molar-refractivity contribution in [3.8, 4) is 0 Å². The number of amides is 1. The summed E-state index contributed by atoms with van der Waals surface area (Å²) >= 11 is 0. The minimum atomic E-state index is 0.289. The Morgan fingerprint density at radius 2 is 2.25 bits per heavy atom. The smallest absolute Gasteiger partial charge is 0.223 e. The van der Waals surface area contributed by atoms with E-state index in [0.29, 0.717) is 12.5 Å². The van der Waals surface area contributed by atoms with Gasteiger partial charge in [0.2, 0.25) is 5.91 Å². The second kappa shape index (κ2) is 5.92. The van der Waals surface area contributed by atoms with Gasteiger partial charge < -0.3 is 4.90 Å². The Morgan fingerprint density at radius 1 is 1.40 bits per heavy atom. The summed E-state index contributed by atoms with van der Waals surface area (Å²) in [5.41, 5.74) is 1.14. The Balaban J connectivity index is 1.49. The molecule has 0 radical (unpaired) electrons. The zero-order valence-corrected chi connectivity index (χ0v) is 12.2. The van der Waals surface area contributed by atoms with Gasteiger partial charge in [-0.15, -0.1) is 0 Å². The van der Waals surface area contributed by atoms with E-state index in [9.17, 15) is 4.79 Å². The molecule has 0 spiro atoms. The fraction of sp³-hybridized carbons (Fsp3) is 0.625. The van der Waals surface area contributed by atoms with Crippen LogP contribution in [-0.4, -0.2) is 52.4 Å². The third-order valence-corrected chi connectivity index (χ3v) is 4.39. The number of nitrogens with zero attached hydrogens (tertiary/aromatic N) is 3. The second-order valence-corrected chi connectivity index (χ2v) is 6.02. The third-order valence-electron chi connectivity index (χ3n) is 4.39. The average Bonchev–Trinajstić information content (AvgIpc) is 3.30. The number of hydrogen-bond donors (Lipinski definition) is 0. The normalized spacial score (nSPS) is 23.9. The van der Waals surface area contributed by atoms with E-state index in [1.54, 1.807) is 6.20 Å². The van der Waals surface area contributed by atoms with Crippen LogP contribution >= 0.6 is 0 Å². The Bertz CT molecular complexity index is 458. The molecule has 0 aromatic carbocycles. The zero-order chi connectivity index (χ0) is 13.9. The van der Waals surface area contributed by atoms with Gasteiger partial charge in [-0.3, -0.25) is 14.7 Å². The number of carbonyl (C=O) groups is 1. The van der Waals surface area contributed by atoms with Gasteiger partial charge in [0, 0.05) is 50.5 Å². The van der Waals surface area contributed by atoms with Crippen LogP contribution in [0.4, 0.5) is 0 Å². The van der Waals surface area contributed by atoms with E-state index in [2.05, 4.69) is 21.7 Å². The molecule has 1 aromatic rings. The van der Waals surface area contributed by atoms with Crippen molar-refractivity contribution >= 4 is 5.91 Å². The van der Waals surface area contributed by atoms with Crippen LogP contribution in [0.1, 0.15) is 31.7 Å². The summed E-state index contributed by atoms with van der Waals surface area (Å²) in [7, 11) is 0. The highest BCUT2D eigenvalue weighted by molar-refractivity contribution is 5.77. The number of aryl methyl sites for hydroxylation is 1. The van der Waals surface area contributed by atoms with Crippen LogP contribution in [0.3, 0.4) is 0 Å². The van der Waals surface area contributed by atoms with Crippen LogP contribution < -0.4 is 0 Å². The van der Waals surface area contributed by atoms with Gasteiger partial charge in [0.25, 0.3) is 0 Å². The van der Waals surface area contributed by atoms with E-state index < -0.39 is 0 Å². The predicted molar refractivity (Wildman–Crippen MR) is 78.3 cm³/mol. The first-order chi connectivity index (χ1) is 9.74.